The molecule has 2 heterocycles. The Morgan fingerprint density at radius 2 is 2.12 bits per heavy atom. The van der Waals surface area contributed by atoms with Crippen molar-refractivity contribution >= 4 is 16.0 Å². The molecule has 1 aliphatic rings. The number of carboxylic acids is 1. The maximum Gasteiger partial charge on any atom is 0.335 e. The fourth-order valence-corrected chi connectivity index (χ4v) is 4.11. The number of aromatic nitrogens is 3. The van der Waals surface area contributed by atoms with Crippen LogP contribution in [0.25, 0.3) is 0 Å². The minimum absolute atomic E-state index is 0.0320. The number of carboxylic acid groups (broad SMARTS) is 1. The number of carbonyl (C=O) groups is 1. The Morgan fingerprint density at radius 3 is 2.85 bits per heavy atom. The van der Waals surface area contributed by atoms with Gasteiger partial charge in [0.2, 0.25) is 10.0 Å². The van der Waals surface area contributed by atoms with E-state index in [9.17, 15) is 13.2 Å². The zero-order chi connectivity index (χ0) is 18.7. The average Bonchev–Trinajstić information content (AvgIpc) is 2.85. The minimum Gasteiger partial charge on any atom is -0.495 e. The maximum atomic E-state index is 12.7. The van der Waals surface area contributed by atoms with Gasteiger partial charge in [0.25, 0.3) is 0 Å². The Hall–Kier alpha value is -2.46. The van der Waals surface area contributed by atoms with Gasteiger partial charge in [-0.15, -0.1) is 10.2 Å². The number of rotatable bonds is 6. The molecule has 1 aromatic carbocycles. The summed E-state index contributed by atoms with van der Waals surface area (Å²) >= 11 is 0. The quantitative estimate of drug-likeness (QED) is 0.771. The first-order valence-corrected chi connectivity index (χ1v) is 9.72. The summed E-state index contributed by atoms with van der Waals surface area (Å²) in [6.45, 7) is 0.729. The van der Waals surface area contributed by atoms with Gasteiger partial charge >= 0.3 is 5.97 Å². The maximum absolute atomic E-state index is 12.7. The van der Waals surface area contributed by atoms with E-state index in [2.05, 4.69) is 14.9 Å². The molecule has 2 aromatic rings. The summed E-state index contributed by atoms with van der Waals surface area (Å²) in [6, 6.07) is 3.69. The van der Waals surface area contributed by atoms with Crippen LogP contribution in [-0.2, 0) is 29.5 Å². The number of aromatic carboxylic acids is 1. The van der Waals surface area contributed by atoms with Crippen LogP contribution in [0.4, 0.5) is 0 Å². The summed E-state index contributed by atoms with van der Waals surface area (Å²) in [7, 11) is -2.66. The molecule has 1 aromatic heterocycles. The number of ether oxygens (including phenoxy) is 1. The predicted molar refractivity (Wildman–Crippen MR) is 91.6 cm³/mol. The second-order valence-corrected chi connectivity index (χ2v) is 7.73. The van der Waals surface area contributed by atoms with Gasteiger partial charge in [0, 0.05) is 13.0 Å². The number of fused-ring (bicyclic) bond motifs is 1. The fourth-order valence-electron chi connectivity index (χ4n) is 2.93. The third-order valence-electron chi connectivity index (χ3n) is 4.31. The largest absolute Gasteiger partial charge is 0.495 e. The molecule has 0 radical (unpaired) electrons. The summed E-state index contributed by atoms with van der Waals surface area (Å²) < 4.78 is 34.8. The lowest BCUT2D eigenvalue weighted by Gasteiger charge is -2.12. The van der Waals surface area contributed by atoms with Gasteiger partial charge in [-0.05, 0) is 31.0 Å². The Balaban J connectivity index is 1.85. The van der Waals surface area contributed by atoms with E-state index in [0.29, 0.717) is 5.82 Å². The van der Waals surface area contributed by atoms with E-state index in [0.717, 1.165) is 44.1 Å². The zero-order valence-corrected chi connectivity index (χ0v) is 15.1. The van der Waals surface area contributed by atoms with Gasteiger partial charge in [-0.3, -0.25) is 0 Å². The molecule has 0 bridgehead atoms. The summed E-state index contributed by atoms with van der Waals surface area (Å²) in [5.74, 6) is 0.260. The van der Waals surface area contributed by atoms with Gasteiger partial charge in [-0.2, -0.15) is 0 Å². The van der Waals surface area contributed by atoms with Crippen LogP contribution in [0.1, 0.15) is 41.3 Å². The van der Waals surface area contributed by atoms with Crippen LogP contribution in [0.3, 0.4) is 0 Å². The molecule has 1 aliphatic heterocycles. The first-order valence-electron chi connectivity index (χ1n) is 8.24. The third-order valence-corrected chi connectivity index (χ3v) is 5.73. The molecule has 0 atom stereocenters. The monoisotopic (exact) mass is 380 g/mol. The van der Waals surface area contributed by atoms with E-state index < -0.39 is 16.0 Å². The van der Waals surface area contributed by atoms with Crippen molar-refractivity contribution in [1.29, 1.82) is 0 Å². The number of sulfonamides is 1. The van der Waals surface area contributed by atoms with Crippen LogP contribution in [0.15, 0.2) is 23.1 Å². The lowest BCUT2D eigenvalue weighted by atomic mass is 10.2. The molecule has 10 heteroatoms. The normalized spacial score (nSPS) is 14.5. The fraction of sp³-hybridized carbons (Fsp3) is 0.438. The molecule has 0 spiro atoms. The standard InChI is InChI=1S/C16H20N4O5S/c1-25-12-7-6-11(16(21)22)9-13(12)26(23,24)17-10-15-19-18-14-5-3-2-4-8-20(14)15/h6-7,9,17H,2-5,8,10H2,1H3,(H,21,22). The van der Waals surface area contributed by atoms with E-state index >= 15 is 0 Å². The molecule has 26 heavy (non-hydrogen) atoms. The molecule has 0 saturated heterocycles. The summed E-state index contributed by atoms with van der Waals surface area (Å²) in [5.41, 5.74) is -0.137. The molecule has 3 rings (SSSR count). The van der Waals surface area contributed by atoms with E-state index in [1.54, 1.807) is 0 Å². The Morgan fingerprint density at radius 1 is 1.31 bits per heavy atom. The topological polar surface area (TPSA) is 123 Å². The van der Waals surface area contributed by atoms with E-state index in [1.165, 1.54) is 19.2 Å². The minimum atomic E-state index is -3.99. The van der Waals surface area contributed by atoms with Crippen molar-refractivity contribution < 1.29 is 23.1 Å². The Labute approximate surface area is 151 Å². The van der Waals surface area contributed by atoms with Crippen molar-refractivity contribution in [2.24, 2.45) is 0 Å². The summed E-state index contributed by atoms with van der Waals surface area (Å²) in [5, 5.41) is 17.3. The van der Waals surface area contributed by atoms with Gasteiger partial charge in [-0.25, -0.2) is 17.9 Å². The van der Waals surface area contributed by atoms with Crippen molar-refractivity contribution in [3.63, 3.8) is 0 Å². The van der Waals surface area contributed by atoms with Crippen LogP contribution >= 0.6 is 0 Å². The Kier molecular flexibility index (Phi) is 5.23. The van der Waals surface area contributed by atoms with Gasteiger partial charge in [0.15, 0.2) is 0 Å². The molecule has 0 unspecified atom stereocenters. The highest BCUT2D eigenvalue weighted by atomic mass is 32.2. The highest BCUT2D eigenvalue weighted by Gasteiger charge is 2.23. The van der Waals surface area contributed by atoms with Gasteiger partial charge in [-0.1, -0.05) is 6.42 Å². The molecule has 0 fully saturated rings. The first kappa shape index (κ1) is 18.3. The molecule has 0 aliphatic carbocycles. The van der Waals surface area contributed by atoms with Crippen molar-refractivity contribution in [3.8, 4) is 5.75 Å². The summed E-state index contributed by atoms with van der Waals surface area (Å²) in [4.78, 5) is 10.9. The number of methoxy groups -OCH3 is 1. The van der Waals surface area contributed by atoms with Crippen LogP contribution in [0, 0.1) is 0 Å². The number of benzene rings is 1. The zero-order valence-electron chi connectivity index (χ0n) is 14.3. The number of aryl methyl sites for hydroxylation is 1. The number of hydrogen-bond donors (Lipinski definition) is 2. The van der Waals surface area contributed by atoms with Crippen LogP contribution < -0.4 is 9.46 Å². The lowest BCUT2D eigenvalue weighted by Crippen LogP contribution is -2.26. The second kappa shape index (κ2) is 7.42. The third kappa shape index (κ3) is 3.70. The van der Waals surface area contributed by atoms with Crippen LogP contribution in [0.2, 0.25) is 0 Å². The van der Waals surface area contributed by atoms with Crippen LogP contribution in [-0.4, -0.2) is 41.4 Å². The van der Waals surface area contributed by atoms with Gasteiger partial charge < -0.3 is 14.4 Å². The van der Waals surface area contributed by atoms with E-state index in [-0.39, 0.29) is 22.8 Å². The molecule has 0 amide bonds. The number of hydrogen-bond acceptors (Lipinski definition) is 6. The SMILES string of the molecule is COc1ccc(C(=O)O)cc1S(=O)(=O)NCc1nnc2n1CCCCC2. The van der Waals surface area contributed by atoms with E-state index in [4.69, 9.17) is 9.84 Å². The Bertz CT molecular complexity index is 923. The summed E-state index contributed by atoms with van der Waals surface area (Å²) in [6.07, 6.45) is 3.98. The van der Waals surface area contributed by atoms with E-state index in [1.807, 2.05) is 4.57 Å². The van der Waals surface area contributed by atoms with Crippen molar-refractivity contribution in [2.45, 2.75) is 43.7 Å². The predicted octanol–water partition coefficient (Wildman–Crippen LogP) is 1.19. The molecular weight excluding hydrogens is 360 g/mol. The second-order valence-electron chi connectivity index (χ2n) is 5.99. The highest BCUT2D eigenvalue weighted by Crippen LogP contribution is 2.25. The van der Waals surface area contributed by atoms with Crippen molar-refractivity contribution in [1.82, 2.24) is 19.5 Å². The van der Waals surface area contributed by atoms with Gasteiger partial charge in [0.1, 0.15) is 22.3 Å². The smallest absolute Gasteiger partial charge is 0.335 e. The number of nitrogens with zero attached hydrogens (tertiary/aromatic N) is 3. The molecule has 140 valence electrons. The molecule has 9 nitrogen and oxygen atoms in total. The van der Waals surface area contributed by atoms with Gasteiger partial charge in [0.05, 0.1) is 19.2 Å². The number of nitrogens with one attached hydrogen (secondary N) is 1. The molecule has 0 saturated carbocycles. The lowest BCUT2D eigenvalue weighted by molar-refractivity contribution is 0.0696. The average molecular weight is 380 g/mol. The van der Waals surface area contributed by atoms with Crippen molar-refractivity contribution in [2.75, 3.05) is 7.11 Å². The van der Waals surface area contributed by atoms with Crippen LogP contribution in [0.5, 0.6) is 5.75 Å². The first-order chi connectivity index (χ1) is 12.4. The molecular formula is C16H20N4O5S. The highest BCUT2D eigenvalue weighted by molar-refractivity contribution is 7.89. The van der Waals surface area contributed by atoms with Crippen molar-refractivity contribution in [3.05, 3.63) is 35.4 Å². The molecule has 2 N–H and O–H groups in total.